The Morgan fingerprint density at radius 2 is 2.14 bits per heavy atom. The molecule has 4 aliphatic heterocycles. The monoisotopic (exact) mass is 306 g/mol. The summed E-state index contributed by atoms with van der Waals surface area (Å²) in [5.41, 5.74) is 1.56. The van der Waals surface area contributed by atoms with Gasteiger partial charge in [-0.1, -0.05) is 12.2 Å². The Kier molecular flexibility index (Phi) is 3.46. The summed E-state index contributed by atoms with van der Waals surface area (Å²) in [5.74, 6) is 1.04. The molecule has 4 heterocycles. The van der Waals surface area contributed by atoms with E-state index in [1.165, 1.54) is 12.0 Å². The van der Waals surface area contributed by atoms with Gasteiger partial charge in [-0.15, -0.1) is 0 Å². The highest BCUT2D eigenvalue weighted by Gasteiger charge is 2.47. The average Bonchev–Trinajstić information content (AvgIpc) is 3.15. The zero-order valence-electron chi connectivity index (χ0n) is 13.4. The lowest BCUT2D eigenvalue weighted by molar-refractivity contribution is 0.0646. The molecule has 4 aliphatic rings. The van der Waals surface area contributed by atoms with Crippen LogP contribution in [0.5, 0.6) is 0 Å². The molecule has 22 heavy (non-hydrogen) atoms. The van der Waals surface area contributed by atoms with Crippen LogP contribution in [0.4, 0.5) is 4.79 Å². The summed E-state index contributed by atoms with van der Waals surface area (Å²) in [7, 11) is 0. The highest BCUT2D eigenvalue weighted by Crippen LogP contribution is 2.43. The number of fused-ring (bicyclic) bond motifs is 2. The lowest BCUT2D eigenvalue weighted by atomic mass is 9.95. The number of carbonyl (C=O) groups is 1. The Labute approximate surface area is 132 Å². The number of carbonyl (C=O) groups excluding carboxylic acids is 1. The van der Waals surface area contributed by atoms with E-state index < -0.39 is 0 Å². The van der Waals surface area contributed by atoms with Gasteiger partial charge in [0.2, 0.25) is 0 Å². The third-order valence-electron chi connectivity index (χ3n) is 6.07. The molecule has 0 N–H and O–H groups in total. The van der Waals surface area contributed by atoms with Gasteiger partial charge in [0.1, 0.15) is 6.61 Å². The van der Waals surface area contributed by atoms with E-state index in [-0.39, 0.29) is 11.6 Å². The molecule has 4 fully saturated rings. The number of hydrogen-bond donors (Lipinski definition) is 0. The van der Waals surface area contributed by atoms with E-state index in [2.05, 4.69) is 18.4 Å². The number of rotatable bonds is 2. The van der Waals surface area contributed by atoms with E-state index in [4.69, 9.17) is 9.47 Å². The maximum atomic E-state index is 12.3. The van der Waals surface area contributed by atoms with Crippen molar-refractivity contribution < 1.29 is 14.3 Å². The second-order valence-electron chi connectivity index (χ2n) is 7.78. The third-order valence-corrected chi connectivity index (χ3v) is 6.07. The fraction of sp³-hybridized carbons (Fsp3) is 0.824. The molecule has 4 rings (SSSR count). The van der Waals surface area contributed by atoms with E-state index >= 15 is 0 Å². The van der Waals surface area contributed by atoms with E-state index in [0.29, 0.717) is 24.5 Å². The van der Waals surface area contributed by atoms with Gasteiger partial charge in [-0.2, -0.15) is 0 Å². The SMILES string of the molecule is C=C1CN2C(COC(=O)N3CC4COCC4C3)CCC2(C)C1. The first-order valence-electron chi connectivity index (χ1n) is 8.48. The van der Waals surface area contributed by atoms with Crippen molar-refractivity contribution in [2.24, 2.45) is 11.8 Å². The minimum absolute atomic E-state index is 0.138. The number of ether oxygens (including phenoxy) is 2. The zero-order chi connectivity index (χ0) is 15.3. The molecule has 0 saturated carbocycles. The van der Waals surface area contributed by atoms with E-state index in [0.717, 1.165) is 45.7 Å². The standard InChI is InChI=1S/C17H26N2O3/c1-12-5-17(2)4-3-15(19(17)6-12)11-22-16(20)18-7-13-9-21-10-14(13)8-18/h13-15H,1,3-11H2,2H3. The lowest BCUT2D eigenvalue weighted by Crippen LogP contribution is -2.43. The van der Waals surface area contributed by atoms with Crippen molar-refractivity contribution in [3.05, 3.63) is 12.2 Å². The van der Waals surface area contributed by atoms with Crippen molar-refractivity contribution in [1.82, 2.24) is 9.80 Å². The van der Waals surface area contributed by atoms with E-state index in [1.54, 1.807) is 0 Å². The van der Waals surface area contributed by atoms with Crippen LogP contribution in [0.25, 0.3) is 0 Å². The summed E-state index contributed by atoms with van der Waals surface area (Å²) in [6.45, 7) is 11.1. The van der Waals surface area contributed by atoms with Gasteiger partial charge in [-0.25, -0.2) is 4.79 Å². The van der Waals surface area contributed by atoms with Crippen LogP contribution in [0.3, 0.4) is 0 Å². The van der Waals surface area contributed by atoms with E-state index in [9.17, 15) is 4.79 Å². The summed E-state index contributed by atoms with van der Waals surface area (Å²) in [4.78, 5) is 16.7. The maximum Gasteiger partial charge on any atom is 0.409 e. The van der Waals surface area contributed by atoms with Gasteiger partial charge in [0.25, 0.3) is 0 Å². The molecule has 0 aromatic rings. The van der Waals surface area contributed by atoms with Crippen molar-refractivity contribution in [3.8, 4) is 0 Å². The minimum atomic E-state index is -0.138. The molecular weight excluding hydrogens is 280 g/mol. The van der Waals surface area contributed by atoms with Crippen molar-refractivity contribution in [2.75, 3.05) is 39.5 Å². The topological polar surface area (TPSA) is 42.0 Å². The van der Waals surface area contributed by atoms with Crippen LogP contribution in [0.1, 0.15) is 26.2 Å². The van der Waals surface area contributed by atoms with Crippen LogP contribution in [0.15, 0.2) is 12.2 Å². The molecule has 0 aliphatic carbocycles. The van der Waals surface area contributed by atoms with Crippen LogP contribution >= 0.6 is 0 Å². The summed E-state index contributed by atoms with van der Waals surface area (Å²) >= 11 is 0. The van der Waals surface area contributed by atoms with Gasteiger partial charge in [0.15, 0.2) is 0 Å². The third kappa shape index (κ3) is 2.35. The summed E-state index contributed by atoms with van der Waals surface area (Å²) in [6, 6.07) is 0.360. The van der Waals surface area contributed by atoms with Crippen molar-refractivity contribution in [3.63, 3.8) is 0 Å². The Bertz CT molecular complexity index is 482. The number of likely N-dealkylation sites (tertiary alicyclic amines) is 1. The maximum absolute atomic E-state index is 12.3. The molecule has 4 unspecified atom stereocenters. The Morgan fingerprint density at radius 3 is 2.86 bits per heavy atom. The van der Waals surface area contributed by atoms with Gasteiger partial charge in [0.05, 0.1) is 13.2 Å². The summed E-state index contributed by atoms with van der Waals surface area (Å²) < 4.78 is 11.1. The van der Waals surface area contributed by atoms with Gasteiger partial charge in [-0.05, 0) is 26.2 Å². The average molecular weight is 306 g/mol. The molecule has 0 aromatic heterocycles. The molecule has 0 radical (unpaired) electrons. The van der Waals surface area contributed by atoms with Crippen molar-refractivity contribution >= 4 is 6.09 Å². The van der Waals surface area contributed by atoms with Crippen LogP contribution < -0.4 is 0 Å². The molecule has 4 atom stereocenters. The van der Waals surface area contributed by atoms with Gasteiger partial charge < -0.3 is 14.4 Å². The quantitative estimate of drug-likeness (QED) is 0.731. The molecule has 1 amide bonds. The highest BCUT2D eigenvalue weighted by atomic mass is 16.6. The lowest BCUT2D eigenvalue weighted by Gasteiger charge is -2.31. The van der Waals surface area contributed by atoms with E-state index in [1.807, 2.05) is 4.90 Å². The molecule has 5 heteroatoms. The predicted octanol–water partition coefficient (Wildman–Crippen LogP) is 1.88. The highest BCUT2D eigenvalue weighted by molar-refractivity contribution is 5.68. The number of nitrogens with zero attached hydrogens (tertiary/aromatic N) is 2. The van der Waals surface area contributed by atoms with Crippen LogP contribution in [-0.2, 0) is 9.47 Å². The van der Waals surface area contributed by atoms with Gasteiger partial charge >= 0.3 is 6.09 Å². The summed E-state index contributed by atoms with van der Waals surface area (Å²) in [5, 5.41) is 0. The van der Waals surface area contributed by atoms with Gasteiger partial charge in [-0.3, -0.25) is 4.90 Å². The molecule has 5 nitrogen and oxygen atoms in total. The van der Waals surface area contributed by atoms with Crippen molar-refractivity contribution in [1.29, 1.82) is 0 Å². The molecule has 0 aromatic carbocycles. The Balaban J connectivity index is 1.30. The molecular formula is C17H26N2O3. The van der Waals surface area contributed by atoms with Crippen LogP contribution in [-0.4, -0.2) is 66.9 Å². The van der Waals surface area contributed by atoms with Crippen LogP contribution in [0.2, 0.25) is 0 Å². The number of hydrogen-bond acceptors (Lipinski definition) is 4. The van der Waals surface area contributed by atoms with Crippen molar-refractivity contribution in [2.45, 2.75) is 37.8 Å². The van der Waals surface area contributed by atoms with Gasteiger partial charge in [0, 0.05) is 43.1 Å². The molecule has 4 saturated heterocycles. The Morgan fingerprint density at radius 1 is 1.41 bits per heavy atom. The zero-order valence-corrected chi connectivity index (χ0v) is 13.4. The fourth-order valence-electron chi connectivity index (χ4n) is 4.83. The Hall–Kier alpha value is -1.07. The molecule has 122 valence electrons. The first kappa shape index (κ1) is 14.5. The second-order valence-corrected chi connectivity index (χ2v) is 7.78. The molecule has 0 bridgehead atoms. The predicted molar refractivity (Wildman–Crippen MR) is 82.6 cm³/mol. The number of amides is 1. The fourth-order valence-corrected chi connectivity index (χ4v) is 4.83. The normalized spacial score (nSPS) is 41.0. The minimum Gasteiger partial charge on any atom is -0.448 e. The smallest absolute Gasteiger partial charge is 0.409 e. The van der Waals surface area contributed by atoms with Crippen LogP contribution in [0, 0.1) is 11.8 Å². The largest absolute Gasteiger partial charge is 0.448 e. The summed E-state index contributed by atoms with van der Waals surface area (Å²) in [6.07, 6.45) is 3.25. The first-order chi connectivity index (χ1) is 10.5. The molecule has 0 spiro atoms. The first-order valence-corrected chi connectivity index (χ1v) is 8.48. The second kappa shape index (κ2) is 5.24.